The zero-order chi connectivity index (χ0) is 28.7. The number of anilines is 2. The first-order valence-corrected chi connectivity index (χ1v) is 15.3. The number of hydrogen-bond acceptors (Lipinski definition) is 4. The average molecular weight is 557 g/mol. The fraction of sp³-hybridized carbons (Fsp3) is 0.316. The molecule has 7 rings (SSSR count). The van der Waals surface area contributed by atoms with Crippen molar-refractivity contribution in [1.29, 1.82) is 0 Å². The van der Waals surface area contributed by atoms with Crippen molar-refractivity contribution in [1.82, 2.24) is 0 Å². The average Bonchev–Trinajstić information content (AvgIpc) is 3.04. The Labute approximate surface area is 250 Å². The van der Waals surface area contributed by atoms with E-state index in [-0.39, 0.29) is 5.41 Å². The summed E-state index contributed by atoms with van der Waals surface area (Å²) in [7, 11) is 0. The van der Waals surface area contributed by atoms with Crippen LogP contribution in [0.1, 0.15) is 73.8 Å². The predicted octanol–water partition coefficient (Wildman–Crippen LogP) is 9.05. The zero-order valence-electron chi connectivity index (χ0n) is 25.0. The van der Waals surface area contributed by atoms with Crippen molar-refractivity contribution in [3.63, 3.8) is 0 Å². The molecule has 0 fully saturated rings. The molecule has 0 radical (unpaired) electrons. The van der Waals surface area contributed by atoms with Crippen LogP contribution in [0, 0.1) is 0 Å². The maximum absolute atomic E-state index is 6.44. The molecule has 4 aromatic carbocycles. The molecule has 1 unspecified atom stereocenters. The van der Waals surface area contributed by atoms with Gasteiger partial charge >= 0.3 is 0 Å². The van der Waals surface area contributed by atoms with Gasteiger partial charge in [-0.05, 0) is 89.8 Å². The van der Waals surface area contributed by atoms with E-state index in [4.69, 9.17) is 9.47 Å². The van der Waals surface area contributed by atoms with Crippen LogP contribution >= 0.6 is 0 Å². The van der Waals surface area contributed by atoms with Gasteiger partial charge in [-0.15, -0.1) is 0 Å². The van der Waals surface area contributed by atoms with Crippen molar-refractivity contribution >= 4 is 16.9 Å². The van der Waals surface area contributed by atoms with E-state index in [9.17, 15) is 0 Å². The molecule has 4 aromatic rings. The van der Waals surface area contributed by atoms with Gasteiger partial charge in [-0.25, -0.2) is 0 Å². The third-order valence-corrected chi connectivity index (χ3v) is 9.02. The number of allylic oxidation sites excluding steroid dienone is 2. The van der Waals surface area contributed by atoms with Gasteiger partial charge in [0.25, 0.3) is 0 Å². The highest BCUT2D eigenvalue weighted by molar-refractivity contribution is 5.70. The number of hydrogen-bond donors (Lipinski definition) is 0. The third-order valence-electron chi connectivity index (χ3n) is 9.02. The molecular weight excluding hydrogens is 516 g/mol. The summed E-state index contributed by atoms with van der Waals surface area (Å²) in [5, 5.41) is 0. The van der Waals surface area contributed by atoms with E-state index in [0.29, 0.717) is 19.4 Å². The minimum absolute atomic E-state index is 0.00556. The number of nitrogens with zero attached hydrogens (tertiary/aromatic N) is 2. The van der Waals surface area contributed by atoms with Gasteiger partial charge < -0.3 is 19.3 Å². The van der Waals surface area contributed by atoms with Crippen LogP contribution in [0.4, 0.5) is 11.4 Å². The van der Waals surface area contributed by atoms with Gasteiger partial charge in [0.05, 0.1) is 0 Å². The summed E-state index contributed by atoms with van der Waals surface area (Å²) in [5.74, 6) is 2.63. The Morgan fingerprint density at radius 1 is 0.714 bits per heavy atom. The molecule has 0 N–H and O–H groups in total. The van der Waals surface area contributed by atoms with E-state index in [1.807, 2.05) is 0 Å². The minimum atomic E-state index is 0.00556. The summed E-state index contributed by atoms with van der Waals surface area (Å²) in [6.45, 7) is 9.81. The van der Waals surface area contributed by atoms with Crippen LogP contribution in [0.2, 0.25) is 0 Å². The molecule has 3 aliphatic rings. The molecule has 0 aromatic heterocycles. The van der Waals surface area contributed by atoms with Gasteiger partial charge in [0.1, 0.15) is 11.5 Å². The zero-order valence-corrected chi connectivity index (χ0v) is 25.0. The van der Waals surface area contributed by atoms with Gasteiger partial charge in [0, 0.05) is 41.2 Å². The second-order valence-corrected chi connectivity index (χ2v) is 12.9. The Morgan fingerprint density at radius 3 is 2.02 bits per heavy atom. The maximum atomic E-state index is 6.44. The smallest absolute Gasteiger partial charge is 0.161 e. The van der Waals surface area contributed by atoms with Gasteiger partial charge in [-0.2, -0.15) is 0 Å². The van der Waals surface area contributed by atoms with E-state index in [1.165, 1.54) is 44.8 Å². The van der Waals surface area contributed by atoms with Crippen LogP contribution in [-0.4, -0.2) is 13.5 Å². The number of ether oxygens (including phenoxy) is 2. The number of rotatable bonds is 4. The summed E-state index contributed by atoms with van der Waals surface area (Å²) < 4.78 is 12.6. The Bertz CT molecular complexity index is 1600. The first kappa shape index (κ1) is 26.7. The van der Waals surface area contributed by atoms with Gasteiger partial charge in [0.15, 0.2) is 13.5 Å². The van der Waals surface area contributed by atoms with Gasteiger partial charge in [-0.1, -0.05) is 75.4 Å². The molecule has 0 spiro atoms. The summed E-state index contributed by atoms with van der Waals surface area (Å²) in [5.41, 5.74) is 10.5. The predicted molar refractivity (Wildman–Crippen MR) is 172 cm³/mol. The van der Waals surface area contributed by atoms with Crippen LogP contribution in [0.15, 0.2) is 97.1 Å². The Hall–Kier alpha value is -4.18. The van der Waals surface area contributed by atoms with Gasteiger partial charge in [0.2, 0.25) is 0 Å². The van der Waals surface area contributed by atoms with Crippen molar-refractivity contribution < 1.29 is 9.47 Å². The number of para-hydroxylation sites is 2. The van der Waals surface area contributed by atoms with Crippen LogP contribution in [0.3, 0.4) is 0 Å². The van der Waals surface area contributed by atoms with E-state index in [1.54, 1.807) is 0 Å². The normalized spacial score (nSPS) is 18.4. The molecule has 0 amide bonds. The number of benzene rings is 4. The Kier molecular flexibility index (Phi) is 6.93. The molecule has 42 heavy (non-hydrogen) atoms. The summed E-state index contributed by atoms with van der Waals surface area (Å²) in [4.78, 5) is 4.62. The van der Waals surface area contributed by atoms with E-state index in [0.717, 1.165) is 43.9 Å². The second kappa shape index (κ2) is 10.9. The first-order valence-electron chi connectivity index (χ1n) is 15.3. The largest absolute Gasteiger partial charge is 0.473 e. The molecule has 2 aliphatic heterocycles. The van der Waals surface area contributed by atoms with Crippen LogP contribution in [-0.2, 0) is 18.5 Å². The lowest BCUT2D eigenvalue weighted by Gasteiger charge is -2.35. The first-order chi connectivity index (χ1) is 20.4. The maximum Gasteiger partial charge on any atom is 0.161 e. The quantitative estimate of drug-likeness (QED) is 0.250. The molecule has 0 saturated heterocycles. The molecule has 0 saturated carbocycles. The van der Waals surface area contributed by atoms with Crippen molar-refractivity contribution in [2.24, 2.45) is 0 Å². The van der Waals surface area contributed by atoms with Crippen molar-refractivity contribution in [3.8, 4) is 11.5 Å². The highest BCUT2D eigenvalue weighted by Crippen LogP contribution is 2.43. The van der Waals surface area contributed by atoms with E-state index in [2.05, 4.69) is 128 Å². The van der Waals surface area contributed by atoms with Crippen LogP contribution < -0.4 is 19.3 Å². The second-order valence-electron chi connectivity index (χ2n) is 12.9. The number of fused-ring (bicyclic) bond motifs is 2. The Balaban J connectivity index is 1.12. The van der Waals surface area contributed by atoms with Crippen LogP contribution in [0.5, 0.6) is 11.5 Å². The fourth-order valence-electron chi connectivity index (χ4n) is 6.64. The summed E-state index contributed by atoms with van der Waals surface area (Å²) in [6.07, 6.45) is 5.79. The molecule has 1 aliphatic carbocycles. The van der Waals surface area contributed by atoms with Crippen molar-refractivity contribution in [3.05, 3.63) is 125 Å². The van der Waals surface area contributed by atoms with Crippen LogP contribution in [0.25, 0.3) is 5.57 Å². The third kappa shape index (κ3) is 5.27. The lowest BCUT2D eigenvalue weighted by Crippen LogP contribution is -2.33. The lowest BCUT2D eigenvalue weighted by molar-refractivity contribution is 0.281. The summed E-state index contributed by atoms with van der Waals surface area (Å²) in [6, 6.07) is 32.8. The Morgan fingerprint density at radius 2 is 1.38 bits per heavy atom. The van der Waals surface area contributed by atoms with Crippen molar-refractivity contribution in [2.45, 2.75) is 64.5 Å². The highest BCUT2D eigenvalue weighted by Gasteiger charge is 2.29. The van der Waals surface area contributed by atoms with E-state index >= 15 is 0 Å². The molecule has 4 nitrogen and oxygen atoms in total. The lowest BCUT2D eigenvalue weighted by atomic mass is 9.79. The molecule has 0 bridgehead atoms. The highest BCUT2D eigenvalue weighted by atomic mass is 16.5. The van der Waals surface area contributed by atoms with Crippen molar-refractivity contribution in [2.75, 3.05) is 23.3 Å². The molecule has 4 heteroatoms. The molecular formula is C38H40N2O2. The summed E-state index contributed by atoms with van der Waals surface area (Å²) >= 11 is 0. The van der Waals surface area contributed by atoms with E-state index < -0.39 is 0 Å². The minimum Gasteiger partial charge on any atom is -0.473 e. The topological polar surface area (TPSA) is 24.9 Å². The molecule has 2 heterocycles. The van der Waals surface area contributed by atoms with Gasteiger partial charge in [-0.3, -0.25) is 0 Å². The standard InChI is InChI=1S/C38H40N2O2/c1-38(2,3)35-22-30(21-32-24-40(26-42-37(32)35)34-12-8-5-9-13-34)28-16-14-27(15-17-28)29-18-19-36-31(20-29)23-39(25-41-36)33-10-6-4-7-11-33/h4-13,16,18-22,27H,14-15,17,23-26H2,1-3H3. The fourth-order valence-corrected chi connectivity index (χ4v) is 6.64. The SMILES string of the molecule is CC(C)(C)c1cc(C2=CCC(c3ccc4c(c3)CN(c3ccccc3)CO4)CC2)cc2c1OCN(c1ccccc1)C2. The molecule has 214 valence electrons. The molecule has 1 atom stereocenters. The monoisotopic (exact) mass is 556 g/mol.